The third kappa shape index (κ3) is 2.80. The molecule has 0 aliphatic carbocycles. The van der Waals surface area contributed by atoms with Crippen molar-refractivity contribution in [2.75, 3.05) is 19.5 Å². The van der Waals surface area contributed by atoms with Gasteiger partial charge in [0.1, 0.15) is 5.75 Å². The molecule has 0 bridgehead atoms. The molecule has 0 heterocycles. The average Bonchev–Trinajstić information content (AvgIpc) is 2.24. The number of thioether (sulfide) groups is 1. The SMILES string of the molecule is COc1cc(C)c(Cl)c(C)c1SCCO. The quantitative estimate of drug-likeness (QED) is 0.828. The standard InChI is InChI=1S/C11H15ClO2S/c1-7-6-9(14-3)11(15-5-4-13)8(2)10(7)12/h6,13H,4-5H2,1-3H3. The van der Waals surface area contributed by atoms with Crippen LogP contribution in [0.25, 0.3) is 0 Å². The van der Waals surface area contributed by atoms with Crippen LogP contribution in [-0.4, -0.2) is 24.6 Å². The normalized spacial score (nSPS) is 10.5. The second-order valence-electron chi connectivity index (χ2n) is 3.24. The van der Waals surface area contributed by atoms with Crippen molar-refractivity contribution in [3.8, 4) is 5.75 Å². The summed E-state index contributed by atoms with van der Waals surface area (Å²) in [6, 6.07) is 1.93. The van der Waals surface area contributed by atoms with E-state index in [9.17, 15) is 0 Å². The molecule has 0 spiro atoms. The molecule has 1 aromatic rings. The summed E-state index contributed by atoms with van der Waals surface area (Å²) >= 11 is 7.72. The number of benzene rings is 1. The highest BCUT2D eigenvalue weighted by atomic mass is 35.5. The van der Waals surface area contributed by atoms with Crippen LogP contribution >= 0.6 is 23.4 Å². The number of methoxy groups -OCH3 is 1. The minimum atomic E-state index is 0.152. The fourth-order valence-corrected chi connectivity index (χ4v) is 2.49. The number of hydrogen-bond acceptors (Lipinski definition) is 3. The minimum absolute atomic E-state index is 0.152. The third-order valence-electron chi connectivity index (χ3n) is 2.15. The number of ether oxygens (including phenoxy) is 1. The Balaban J connectivity index is 3.15. The predicted molar refractivity (Wildman–Crippen MR) is 65.3 cm³/mol. The number of hydrogen-bond donors (Lipinski definition) is 1. The van der Waals surface area contributed by atoms with Gasteiger partial charge < -0.3 is 9.84 Å². The molecular formula is C11H15ClO2S. The van der Waals surface area contributed by atoms with Gasteiger partial charge in [0.2, 0.25) is 0 Å². The Kier molecular flexibility index (Phi) is 4.77. The van der Waals surface area contributed by atoms with Crippen molar-refractivity contribution in [3.63, 3.8) is 0 Å². The Bertz CT molecular complexity index is 353. The van der Waals surface area contributed by atoms with Crippen LogP contribution in [0.2, 0.25) is 5.02 Å². The summed E-state index contributed by atoms with van der Waals surface area (Å²) in [5.74, 6) is 1.48. The van der Waals surface area contributed by atoms with E-state index < -0.39 is 0 Å². The molecular weight excluding hydrogens is 232 g/mol. The monoisotopic (exact) mass is 246 g/mol. The lowest BCUT2D eigenvalue weighted by Gasteiger charge is -2.14. The van der Waals surface area contributed by atoms with Gasteiger partial charge in [0, 0.05) is 10.8 Å². The van der Waals surface area contributed by atoms with E-state index in [4.69, 9.17) is 21.4 Å². The van der Waals surface area contributed by atoms with E-state index >= 15 is 0 Å². The molecule has 1 N–H and O–H groups in total. The Morgan fingerprint density at radius 2 is 2.13 bits per heavy atom. The summed E-state index contributed by atoms with van der Waals surface area (Å²) in [7, 11) is 1.64. The van der Waals surface area contributed by atoms with Crippen LogP contribution in [0.15, 0.2) is 11.0 Å². The molecule has 2 nitrogen and oxygen atoms in total. The molecule has 15 heavy (non-hydrogen) atoms. The maximum atomic E-state index is 8.81. The summed E-state index contributed by atoms with van der Waals surface area (Å²) in [6.45, 7) is 4.08. The molecule has 0 saturated heterocycles. The van der Waals surface area contributed by atoms with Crippen molar-refractivity contribution in [1.82, 2.24) is 0 Å². The molecule has 0 aromatic heterocycles. The first-order valence-corrected chi connectivity index (χ1v) is 6.05. The van der Waals surface area contributed by atoms with Gasteiger partial charge in [-0.05, 0) is 31.0 Å². The molecule has 1 rings (SSSR count). The van der Waals surface area contributed by atoms with Gasteiger partial charge in [-0.3, -0.25) is 0 Å². The Morgan fingerprint density at radius 1 is 1.47 bits per heavy atom. The van der Waals surface area contributed by atoms with Gasteiger partial charge in [0.15, 0.2) is 0 Å². The number of aryl methyl sites for hydroxylation is 1. The lowest BCUT2D eigenvalue weighted by atomic mass is 10.1. The first-order chi connectivity index (χ1) is 7.11. The number of aliphatic hydroxyl groups excluding tert-OH is 1. The molecule has 0 saturated carbocycles. The van der Waals surface area contributed by atoms with Crippen molar-refractivity contribution in [3.05, 3.63) is 22.2 Å². The Morgan fingerprint density at radius 3 is 2.67 bits per heavy atom. The van der Waals surface area contributed by atoms with Gasteiger partial charge in [-0.1, -0.05) is 11.6 Å². The van der Waals surface area contributed by atoms with Gasteiger partial charge in [0.05, 0.1) is 18.6 Å². The van der Waals surface area contributed by atoms with Crippen LogP contribution in [0.1, 0.15) is 11.1 Å². The van der Waals surface area contributed by atoms with Crippen molar-refractivity contribution in [2.24, 2.45) is 0 Å². The number of halogens is 1. The summed E-state index contributed by atoms with van der Waals surface area (Å²) < 4.78 is 5.30. The van der Waals surface area contributed by atoms with Gasteiger partial charge >= 0.3 is 0 Å². The zero-order valence-electron chi connectivity index (χ0n) is 9.13. The average molecular weight is 247 g/mol. The van der Waals surface area contributed by atoms with E-state index in [1.54, 1.807) is 18.9 Å². The minimum Gasteiger partial charge on any atom is -0.496 e. The van der Waals surface area contributed by atoms with Crippen molar-refractivity contribution >= 4 is 23.4 Å². The largest absolute Gasteiger partial charge is 0.496 e. The zero-order valence-corrected chi connectivity index (χ0v) is 10.7. The molecule has 0 amide bonds. The van der Waals surface area contributed by atoms with E-state index in [0.29, 0.717) is 5.75 Å². The first kappa shape index (κ1) is 12.7. The van der Waals surface area contributed by atoms with E-state index in [1.165, 1.54) is 0 Å². The molecule has 84 valence electrons. The highest BCUT2D eigenvalue weighted by Gasteiger charge is 2.12. The third-order valence-corrected chi connectivity index (χ3v) is 3.91. The fourth-order valence-electron chi connectivity index (χ4n) is 1.38. The van der Waals surface area contributed by atoms with E-state index in [-0.39, 0.29) is 6.61 Å². The molecule has 1 aromatic carbocycles. The second kappa shape index (κ2) is 5.64. The smallest absolute Gasteiger partial charge is 0.133 e. The van der Waals surface area contributed by atoms with Gasteiger partial charge in [-0.25, -0.2) is 0 Å². The van der Waals surface area contributed by atoms with E-state index in [0.717, 1.165) is 26.8 Å². The molecule has 0 atom stereocenters. The Hall–Kier alpha value is -0.380. The first-order valence-electron chi connectivity index (χ1n) is 4.69. The number of rotatable bonds is 4. The second-order valence-corrected chi connectivity index (χ2v) is 4.72. The van der Waals surface area contributed by atoms with Crippen LogP contribution in [-0.2, 0) is 0 Å². The van der Waals surface area contributed by atoms with Gasteiger partial charge in [-0.15, -0.1) is 11.8 Å². The fraction of sp³-hybridized carbons (Fsp3) is 0.455. The van der Waals surface area contributed by atoms with Crippen LogP contribution in [0.5, 0.6) is 5.75 Å². The lowest BCUT2D eigenvalue weighted by molar-refractivity contribution is 0.322. The summed E-state index contributed by atoms with van der Waals surface area (Å²) in [6.07, 6.45) is 0. The topological polar surface area (TPSA) is 29.5 Å². The zero-order chi connectivity index (χ0) is 11.4. The molecule has 4 heteroatoms. The van der Waals surface area contributed by atoms with Crippen molar-refractivity contribution in [2.45, 2.75) is 18.7 Å². The molecule has 0 aliphatic heterocycles. The van der Waals surface area contributed by atoms with Crippen LogP contribution in [0.4, 0.5) is 0 Å². The summed E-state index contributed by atoms with van der Waals surface area (Å²) in [5, 5.41) is 9.59. The van der Waals surface area contributed by atoms with Crippen LogP contribution < -0.4 is 4.74 Å². The maximum Gasteiger partial charge on any atom is 0.133 e. The molecule has 0 radical (unpaired) electrons. The Labute approximate surface area is 99.6 Å². The van der Waals surface area contributed by atoms with Crippen molar-refractivity contribution < 1.29 is 9.84 Å². The molecule has 0 fully saturated rings. The highest BCUT2D eigenvalue weighted by Crippen LogP contribution is 2.38. The van der Waals surface area contributed by atoms with E-state index in [2.05, 4.69) is 0 Å². The van der Waals surface area contributed by atoms with Gasteiger partial charge in [-0.2, -0.15) is 0 Å². The molecule has 0 unspecified atom stereocenters. The van der Waals surface area contributed by atoms with Gasteiger partial charge in [0.25, 0.3) is 0 Å². The number of aliphatic hydroxyl groups is 1. The summed E-state index contributed by atoms with van der Waals surface area (Å²) in [5.41, 5.74) is 2.03. The maximum absolute atomic E-state index is 8.81. The van der Waals surface area contributed by atoms with Crippen molar-refractivity contribution in [1.29, 1.82) is 0 Å². The highest BCUT2D eigenvalue weighted by molar-refractivity contribution is 7.99. The van der Waals surface area contributed by atoms with Crippen LogP contribution in [0.3, 0.4) is 0 Å². The predicted octanol–water partition coefficient (Wildman–Crippen LogP) is 3.05. The summed E-state index contributed by atoms with van der Waals surface area (Å²) in [4.78, 5) is 1.02. The molecule has 0 aliphatic rings. The lowest BCUT2D eigenvalue weighted by Crippen LogP contribution is -1.95. The van der Waals surface area contributed by atoms with E-state index in [1.807, 2.05) is 19.9 Å². The van der Waals surface area contributed by atoms with Crippen LogP contribution in [0, 0.1) is 13.8 Å².